The maximum atomic E-state index is 13.1. The molecule has 0 saturated carbocycles. The zero-order valence-electron chi connectivity index (χ0n) is 21.0. The van der Waals surface area contributed by atoms with E-state index in [2.05, 4.69) is 45.4 Å². The van der Waals surface area contributed by atoms with Gasteiger partial charge < -0.3 is 13.9 Å². The van der Waals surface area contributed by atoms with E-state index in [1.807, 2.05) is 30.0 Å². The Hall–Kier alpha value is -1.40. The molecule has 0 aromatic carbocycles. The van der Waals surface area contributed by atoms with Gasteiger partial charge in [-0.3, -0.25) is 9.30 Å². The summed E-state index contributed by atoms with van der Waals surface area (Å²) < 4.78 is 20.9. The average molecular weight is 542 g/mol. The Morgan fingerprint density at radius 1 is 1.47 bits per heavy atom. The maximum Gasteiger partial charge on any atom is 0.410 e. The first-order valence-corrected chi connectivity index (χ1v) is 16.6. The van der Waals surface area contributed by atoms with Gasteiger partial charge in [0.2, 0.25) is 4.38 Å². The van der Waals surface area contributed by atoms with Crippen LogP contribution >= 0.6 is 35.3 Å². The highest BCUT2D eigenvalue weighted by molar-refractivity contribution is 8.22. The van der Waals surface area contributed by atoms with Gasteiger partial charge in [0.05, 0.1) is 23.2 Å². The smallest absolute Gasteiger partial charge is 0.410 e. The topological polar surface area (TPSA) is 65.3 Å². The van der Waals surface area contributed by atoms with Crippen molar-refractivity contribution in [2.24, 2.45) is 0 Å². The molecule has 3 heterocycles. The number of imidazole rings is 1. The number of hydrogen-bond acceptors (Lipinski definition) is 8. The summed E-state index contributed by atoms with van der Waals surface area (Å²) in [6.07, 6.45) is 7.05. The molecule has 3 atom stereocenters. The number of thioether (sulfide) groups is 1. The number of aryl methyl sites for hydroxylation is 1. The lowest BCUT2D eigenvalue weighted by molar-refractivity contribution is 0.0658. The normalized spacial score (nSPS) is 19.9. The molecule has 3 rings (SSSR count). The average Bonchev–Trinajstić information content (AvgIpc) is 3.45. The number of hydrogen-bond donors (Lipinski definition) is 0. The molecule has 34 heavy (non-hydrogen) atoms. The first kappa shape index (κ1) is 27.2. The van der Waals surface area contributed by atoms with Crippen LogP contribution < -0.4 is 0 Å². The van der Waals surface area contributed by atoms with Gasteiger partial charge in [-0.2, -0.15) is 0 Å². The number of nitrogens with zero attached hydrogens (tertiary/aromatic N) is 3. The molecule has 1 aliphatic heterocycles. The molecule has 1 aliphatic rings. The van der Waals surface area contributed by atoms with Crippen molar-refractivity contribution in [3.8, 4) is 0 Å². The Bertz CT molecular complexity index is 1050. The number of rotatable bonds is 7. The number of carbonyl (C=O) groups excluding carboxylic acids is 1. The second-order valence-electron chi connectivity index (χ2n) is 9.96. The van der Waals surface area contributed by atoms with E-state index >= 15 is 0 Å². The first-order valence-electron chi connectivity index (χ1n) is 11.3. The molecule has 1 amide bonds. The fourth-order valence-electron chi connectivity index (χ4n) is 3.76. The Morgan fingerprint density at radius 3 is 2.76 bits per heavy atom. The van der Waals surface area contributed by atoms with E-state index in [-0.39, 0.29) is 23.8 Å². The second-order valence-corrected chi connectivity index (χ2v) is 17.2. The number of carbonyl (C=O) groups is 1. The zero-order chi connectivity index (χ0) is 25.3. The van der Waals surface area contributed by atoms with Crippen LogP contribution in [0.25, 0.3) is 4.83 Å². The monoisotopic (exact) mass is 541 g/mol. The van der Waals surface area contributed by atoms with E-state index in [1.165, 1.54) is 11.8 Å². The Kier molecular flexibility index (Phi) is 8.55. The number of thiocarbonyl (C=S) groups is 1. The van der Waals surface area contributed by atoms with Crippen LogP contribution in [-0.4, -0.2) is 64.6 Å². The minimum atomic E-state index is -2.04. The summed E-state index contributed by atoms with van der Waals surface area (Å²) >= 11 is 8.42. The lowest BCUT2D eigenvalue weighted by Gasteiger charge is -2.38. The SMILES string of the molecule is C=CCOC(=O)N1C[C@H](O[Si](C)(C)C(C)(C)C)C[C@H]1C(OC(=S)SC)c1cn2c(C)ncc2s1. The van der Waals surface area contributed by atoms with Crippen molar-refractivity contribution in [3.05, 3.63) is 35.8 Å². The number of fused-ring (bicyclic) bond motifs is 1. The summed E-state index contributed by atoms with van der Waals surface area (Å²) in [5.74, 6) is 0.900. The van der Waals surface area contributed by atoms with E-state index in [9.17, 15) is 4.79 Å². The minimum Gasteiger partial charge on any atom is -0.467 e. The lowest BCUT2D eigenvalue weighted by atomic mass is 10.1. The van der Waals surface area contributed by atoms with Crippen LogP contribution in [0.4, 0.5) is 4.79 Å². The van der Waals surface area contributed by atoms with Crippen molar-refractivity contribution in [1.29, 1.82) is 0 Å². The highest BCUT2D eigenvalue weighted by Crippen LogP contribution is 2.42. The molecule has 7 nitrogen and oxygen atoms in total. The fourth-order valence-corrected chi connectivity index (χ4v) is 6.53. The Labute approximate surface area is 217 Å². The molecule has 11 heteroatoms. The number of likely N-dealkylation sites (tertiary alicyclic amines) is 1. The van der Waals surface area contributed by atoms with Gasteiger partial charge in [-0.1, -0.05) is 45.2 Å². The summed E-state index contributed by atoms with van der Waals surface area (Å²) in [4.78, 5) is 21.2. The minimum absolute atomic E-state index is 0.0630. The van der Waals surface area contributed by atoms with Gasteiger partial charge in [0.15, 0.2) is 14.4 Å². The van der Waals surface area contributed by atoms with Crippen molar-refractivity contribution >= 4 is 58.9 Å². The van der Waals surface area contributed by atoms with Crippen molar-refractivity contribution in [2.75, 3.05) is 19.4 Å². The Balaban J connectivity index is 1.97. The molecular formula is C23H35N3O4S3Si. The van der Waals surface area contributed by atoms with E-state index in [0.29, 0.717) is 17.3 Å². The van der Waals surface area contributed by atoms with E-state index in [0.717, 1.165) is 15.5 Å². The molecule has 1 fully saturated rings. The van der Waals surface area contributed by atoms with Crippen LogP contribution in [-0.2, 0) is 13.9 Å². The summed E-state index contributed by atoms with van der Waals surface area (Å²) in [6.45, 7) is 17.3. The molecule has 1 saturated heterocycles. The van der Waals surface area contributed by atoms with Gasteiger partial charge >= 0.3 is 6.09 Å². The predicted molar refractivity (Wildman–Crippen MR) is 146 cm³/mol. The quantitative estimate of drug-likeness (QED) is 0.235. The van der Waals surface area contributed by atoms with Crippen LogP contribution in [0.3, 0.4) is 0 Å². The molecule has 2 aromatic heterocycles. The maximum absolute atomic E-state index is 13.1. The number of ether oxygens (including phenoxy) is 2. The third-order valence-corrected chi connectivity index (χ3v) is 13.2. The van der Waals surface area contributed by atoms with Gasteiger partial charge in [0, 0.05) is 12.7 Å². The van der Waals surface area contributed by atoms with E-state index < -0.39 is 20.5 Å². The molecule has 188 valence electrons. The highest BCUT2D eigenvalue weighted by Gasteiger charge is 2.47. The summed E-state index contributed by atoms with van der Waals surface area (Å²) in [5.41, 5.74) is 0. The molecule has 0 aliphatic carbocycles. The third kappa shape index (κ3) is 5.87. The molecule has 0 N–H and O–H groups in total. The van der Waals surface area contributed by atoms with Crippen LogP contribution in [0, 0.1) is 6.92 Å². The van der Waals surface area contributed by atoms with Gasteiger partial charge in [-0.15, -0.1) is 11.3 Å². The van der Waals surface area contributed by atoms with Gasteiger partial charge in [-0.25, -0.2) is 9.78 Å². The van der Waals surface area contributed by atoms with Crippen LogP contribution in [0.1, 0.15) is 44.0 Å². The largest absolute Gasteiger partial charge is 0.467 e. The van der Waals surface area contributed by atoms with Gasteiger partial charge in [0.25, 0.3) is 0 Å². The summed E-state index contributed by atoms with van der Waals surface area (Å²) in [7, 11) is -2.04. The lowest BCUT2D eigenvalue weighted by Crippen LogP contribution is -2.45. The molecular weight excluding hydrogens is 507 g/mol. The van der Waals surface area contributed by atoms with Crippen molar-refractivity contribution in [3.63, 3.8) is 0 Å². The number of thiazole rings is 1. The zero-order valence-corrected chi connectivity index (χ0v) is 24.4. The number of aromatic nitrogens is 2. The molecule has 1 unspecified atom stereocenters. The predicted octanol–water partition coefficient (Wildman–Crippen LogP) is 6.20. The highest BCUT2D eigenvalue weighted by atomic mass is 32.2. The van der Waals surface area contributed by atoms with Crippen molar-refractivity contribution in [2.45, 2.75) is 70.5 Å². The standard InChI is InChI=1S/C23H35N3O4S3Si/c1-9-10-28-21(27)26-13-16(30-34(7,8)23(3,4)5)11-17(26)20(29-22(31)32-6)18-14-25-15(2)24-12-19(25)33-18/h9,12,14,16-17,20H,1,10-11,13H2,2-8H3/t16-,17+,20?/m1/s1. The van der Waals surface area contributed by atoms with Gasteiger partial charge in [-0.05, 0) is 50.0 Å². The summed E-state index contributed by atoms with van der Waals surface area (Å²) in [5, 5.41) is 0.0630. The van der Waals surface area contributed by atoms with Crippen LogP contribution in [0.5, 0.6) is 0 Å². The molecule has 0 radical (unpaired) electrons. The van der Waals surface area contributed by atoms with Gasteiger partial charge in [0.1, 0.15) is 17.3 Å². The van der Waals surface area contributed by atoms with Crippen LogP contribution in [0.2, 0.25) is 18.1 Å². The van der Waals surface area contributed by atoms with Crippen LogP contribution in [0.15, 0.2) is 25.0 Å². The Morgan fingerprint density at radius 2 is 2.18 bits per heavy atom. The molecule has 0 spiro atoms. The fraction of sp³-hybridized carbons (Fsp3) is 0.609. The summed E-state index contributed by atoms with van der Waals surface area (Å²) in [6, 6.07) is -0.284. The molecule has 2 aromatic rings. The van der Waals surface area contributed by atoms with Crippen molar-refractivity contribution < 1.29 is 18.7 Å². The molecule has 0 bridgehead atoms. The first-order chi connectivity index (χ1) is 15.9. The second kappa shape index (κ2) is 10.7. The third-order valence-electron chi connectivity index (χ3n) is 6.58. The van der Waals surface area contributed by atoms with E-state index in [1.54, 1.807) is 22.3 Å². The van der Waals surface area contributed by atoms with E-state index in [4.69, 9.17) is 26.1 Å². The van der Waals surface area contributed by atoms with Crippen molar-refractivity contribution in [1.82, 2.24) is 14.3 Å². The number of amides is 1.